The van der Waals surface area contributed by atoms with Crippen molar-refractivity contribution in [2.75, 3.05) is 20.6 Å². The minimum Gasteiger partial charge on any atom is -0.338 e. The Morgan fingerprint density at radius 2 is 1.79 bits per heavy atom. The lowest BCUT2D eigenvalue weighted by Gasteiger charge is -2.25. The molecule has 1 atom stereocenters. The summed E-state index contributed by atoms with van der Waals surface area (Å²) >= 11 is 0. The molecule has 28 heavy (non-hydrogen) atoms. The molecule has 146 valence electrons. The van der Waals surface area contributed by atoms with Crippen LogP contribution in [-0.4, -0.2) is 64.2 Å². The average Bonchev–Trinajstić information content (AvgIpc) is 2.90. The molecule has 1 aliphatic heterocycles. The van der Waals surface area contributed by atoms with Gasteiger partial charge in [0.15, 0.2) is 0 Å². The van der Waals surface area contributed by atoms with Crippen molar-refractivity contribution < 1.29 is 14.4 Å². The number of imide groups is 1. The van der Waals surface area contributed by atoms with Gasteiger partial charge in [-0.1, -0.05) is 36.4 Å². The van der Waals surface area contributed by atoms with Crippen molar-refractivity contribution in [2.45, 2.75) is 25.4 Å². The summed E-state index contributed by atoms with van der Waals surface area (Å²) in [4.78, 5) is 45.5. The van der Waals surface area contributed by atoms with E-state index in [0.29, 0.717) is 19.5 Å². The fourth-order valence-electron chi connectivity index (χ4n) is 3.28. The minimum absolute atomic E-state index is 0.0273. The van der Waals surface area contributed by atoms with E-state index in [1.807, 2.05) is 42.5 Å². The molecule has 1 unspecified atom stereocenters. The summed E-state index contributed by atoms with van der Waals surface area (Å²) in [6.07, 6.45) is 4.10. The van der Waals surface area contributed by atoms with E-state index in [2.05, 4.69) is 4.98 Å². The number of urea groups is 1. The lowest BCUT2D eigenvalue weighted by molar-refractivity contribution is -0.136. The SMILES string of the molecule is CN1C(=O)C(CC(=O)N(CCc2ccccc2)Cc2cccnc2)N(C)C1=O. The van der Waals surface area contributed by atoms with E-state index in [9.17, 15) is 14.4 Å². The second-order valence-corrected chi connectivity index (χ2v) is 6.92. The van der Waals surface area contributed by atoms with Crippen LogP contribution in [0.1, 0.15) is 17.5 Å². The normalized spacial score (nSPS) is 16.6. The van der Waals surface area contributed by atoms with E-state index in [1.165, 1.54) is 11.9 Å². The molecule has 1 aromatic heterocycles. The fraction of sp³-hybridized carbons (Fsp3) is 0.333. The molecule has 2 aromatic rings. The Labute approximate surface area is 164 Å². The van der Waals surface area contributed by atoms with Gasteiger partial charge in [-0.2, -0.15) is 0 Å². The number of nitrogens with zero attached hydrogens (tertiary/aromatic N) is 4. The standard InChI is InChI=1S/C21H24N4O3/c1-23-18(20(27)24(2)21(23)28)13-19(26)25(15-17-9-6-11-22-14-17)12-10-16-7-4-3-5-8-16/h3-9,11,14,18H,10,12-13,15H2,1-2H3. The predicted molar refractivity (Wildman–Crippen MR) is 104 cm³/mol. The highest BCUT2D eigenvalue weighted by atomic mass is 16.2. The molecule has 3 rings (SSSR count). The zero-order valence-corrected chi connectivity index (χ0v) is 16.1. The van der Waals surface area contributed by atoms with E-state index in [1.54, 1.807) is 24.3 Å². The quantitative estimate of drug-likeness (QED) is 0.688. The van der Waals surface area contributed by atoms with Gasteiger partial charge < -0.3 is 9.80 Å². The Kier molecular flexibility index (Phi) is 6.03. The van der Waals surface area contributed by atoms with Gasteiger partial charge in [0.2, 0.25) is 5.91 Å². The molecular weight excluding hydrogens is 356 g/mol. The molecule has 0 spiro atoms. The van der Waals surface area contributed by atoms with Gasteiger partial charge in [-0.15, -0.1) is 0 Å². The zero-order valence-electron chi connectivity index (χ0n) is 16.1. The van der Waals surface area contributed by atoms with E-state index in [4.69, 9.17) is 0 Å². The van der Waals surface area contributed by atoms with Crippen LogP contribution in [0.2, 0.25) is 0 Å². The summed E-state index contributed by atoms with van der Waals surface area (Å²) in [5.41, 5.74) is 2.05. The van der Waals surface area contributed by atoms with Crippen molar-refractivity contribution in [3.63, 3.8) is 0 Å². The first kappa shape index (κ1) is 19.5. The Morgan fingerprint density at radius 1 is 1.07 bits per heavy atom. The van der Waals surface area contributed by atoms with E-state index < -0.39 is 6.04 Å². The van der Waals surface area contributed by atoms with Crippen LogP contribution < -0.4 is 0 Å². The van der Waals surface area contributed by atoms with Gasteiger partial charge in [-0.25, -0.2) is 4.79 Å². The lowest BCUT2D eigenvalue weighted by atomic mass is 10.1. The Morgan fingerprint density at radius 3 is 2.39 bits per heavy atom. The topological polar surface area (TPSA) is 73.8 Å². The van der Waals surface area contributed by atoms with Crippen LogP contribution in [0.25, 0.3) is 0 Å². The zero-order chi connectivity index (χ0) is 20.1. The van der Waals surface area contributed by atoms with Gasteiger partial charge in [-0.05, 0) is 23.6 Å². The second kappa shape index (κ2) is 8.65. The molecule has 0 saturated carbocycles. The molecule has 1 aromatic carbocycles. The highest BCUT2D eigenvalue weighted by Gasteiger charge is 2.42. The number of carbonyl (C=O) groups excluding carboxylic acids is 3. The Hall–Kier alpha value is -3.22. The molecule has 7 heteroatoms. The monoisotopic (exact) mass is 380 g/mol. The number of rotatable bonds is 7. The summed E-state index contributed by atoms with van der Waals surface area (Å²) in [6.45, 7) is 0.931. The number of benzene rings is 1. The van der Waals surface area contributed by atoms with Crippen LogP contribution >= 0.6 is 0 Å². The molecule has 2 heterocycles. The van der Waals surface area contributed by atoms with Crippen molar-refractivity contribution in [1.82, 2.24) is 19.7 Å². The summed E-state index contributed by atoms with van der Waals surface area (Å²) in [7, 11) is 2.99. The third-order valence-corrected chi connectivity index (χ3v) is 5.00. The lowest BCUT2D eigenvalue weighted by Crippen LogP contribution is -2.40. The molecule has 1 saturated heterocycles. The smallest absolute Gasteiger partial charge is 0.326 e. The number of hydrogen-bond acceptors (Lipinski definition) is 4. The molecule has 0 radical (unpaired) electrons. The highest BCUT2D eigenvalue weighted by molar-refractivity contribution is 6.05. The third kappa shape index (κ3) is 4.36. The summed E-state index contributed by atoms with van der Waals surface area (Å²) < 4.78 is 0. The van der Waals surface area contributed by atoms with E-state index >= 15 is 0 Å². The van der Waals surface area contributed by atoms with E-state index in [-0.39, 0.29) is 24.3 Å². The Balaban J connectivity index is 1.72. The van der Waals surface area contributed by atoms with E-state index in [0.717, 1.165) is 16.0 Å². The van der Waals surface area contributed by atoms with Crippen LogP contribution in [-0.2, 0) is 22.6 Å². The van der Waals surface area contributed by atoms with Crippen LogP contribution in [0.5, 0.6) is 0 Å². The molecule has 0 aliphatic carbocycles. The molecule has 1 fully saturated rings. The number of likely N-dealkylation sites (N-methyl/N-ethyl adjacent to an activating group) is 2. The number of carbonyl (C=O) groups is 3. The molecule has 7 nitrogen and oxygen atoms in total. The second-order valence-electron chi connectivity index (χ2n) is 6.92. The average molecular weight is 380 g/mol. The first-order chi connectivity index (χ1) is 13.5. The van der Waals surface area contributed by atoms with Crippen molar-refractivity contribution >= 4 is 17.8 Å². The summed E-state index contributed by atoms with van der Waals surface area (Å²) in [5, 5.41) is 0. The maximum atomic E-state index is 13.0. The van der Waals surface area contributed by atoms with Gasteiger partial charge in [0.25, 0.3) is 5.91 Å². The molecule has 0 N–H and O–H groups in total. The predicted octanol–water partition coefficient (Wildman–Crippen LogP) is 1.94. The maximum absolute atomic E-state index is 13.0. The highest BCUT2D eigenvalue weighted by Crippen LogP contribution is 2.18. The molecular formula is C21H24N4O3. The maximum Gasteiger partial charge on any atom is 0.326 e. The summed E-state index contributed by atoms with van der Waals surface area (Å²) in [5.74, 6) is -0.502. The van der Waals surface area contributed by atoms with Crippen molar-refractivity contribution in [2.24, 2.45) is 0 Å². The van der Waals surface area contributed by atoms with Crippen LogP contribution in [0.4, 0.5) is 4.79 Å². The van der Waals surface area contributed by atoms with Crippen molar-refractivity contribution in [1.29, 1.82) is 0 Å². The largest absolute Gasteiger partial charge is 0.338 e. The van der Waals surface area contributed by atoms with Gasteiger partial charge in [0, 0.05) is 39.6 Å². The van der Waals surface area contributed by atoms with Crippen LogP contribution in [0.15, 0.2) is 54.9 Å². The summed E-state index contributed by atoms with van der Waals surface area (Å²) in [6, 6.07) is 12.5. The fourth-order valence-corrected chi connectivity index (χ4v) is 3.28. The number of hydrogen-bond donors (Lipinski definition) is 0. The number of aromatic nitrogens is 1. The first-order valence-electron chi connectivity index (χ1n) is 9.22. The Bertz CT molecular complexity index is 841. The van der Waals surface area contributed by atoms with Gasteiger partial charge in [-0.3, -0.25) is 19.5 Å². The molecule has 1 aliphatic rings. The van der Waals surface area contributed by atoms with Crippen LogP contribution in [0, 0.1) is 0 Å². The third-order valence-electron chi connectivity index (χ3n) is 5.00. The van der Waals surface area contributed by atoms with Crippen LogP contribution in [0.3, 0.4) is 0 Å². The van der Waals surface area contributed by atoms with Crippen molar-refractivity contribution in [3.8, 4) is 0 Å². The molecule has 0 bridgehead atoms. The number of amides is 4. The van der Waals surface area contributed by atoms with Gasteiger partial charge >= 0.3 is 6.03 Å². The van der Waals surface area contributed by atoms with Gasteiger partial charge in [0.1, 0.15) is 6.04 Å². The first-order valence-corrected chi connectivity index (χ1v) is 9.22. The molecule has 4 amide bonds. The van der Waals surface area contributed by atoms with Crippen molar-refractivity contribution in [3.05, 3.63) is 66.0 Å². The number of pyridine rings is 1. The van der Waals surface area contributed by atoms with Gasteiger partial charge in [0.05, 0.1) is 6.42 Å². The minimum atomic E-state index is -0.752.